The van der Waals surface area contributed by atoms with Crippen molar-refractivity contribution in [1.82, 2.24) is 24.6 Å². The summed E-state index contributed by atoms with van der Waals surface area (Å²) >= 11 is 0. The third-order valence-corrected chi connectivity index (χ3v) is 4.24. The first-order chi connectivity index (χ1) is 12.7. The van der Waals surface area contributed by atoms with Crippen LogP contribution in [0.3, 0.4) is 0 Å². The van der Waals surface area contributed by atoms with E-state index in [1.807, 2.05) is 0 Å². The third-order valence-electron chi connectivity index (χ3n) is 4.24. The molecule has 2 aromatic heterocycles. The smallest absolute Gasteiger partial charge is 0.244 e. The van der Waals surface area contributed by atoms with Crippen LogP contribution >= 0.6 is 0 Å². The molecule has 1 aromatic carbocycles. The zero-order valence-electron chi connectivity index (χ0n) is 13.9. The molecule has 1 amide bonds. The highest BCUT2D eigenvalue weighted by Crippen LogP contribution is 2.19. The van der Waals surface area contributed by atoms with Gasteiger partial charge in [0.1, 0.15) is 12.4 Å². The van der Waals surface area contributed by atoms with E-state index in [0.717, 1.165) is 11.1 Å². The number of rotatable bonds is 5. The molecule has 7 nitrogen and oxygen atoms in total. The zero-order chi connectivity index (χ0) is 17.9. The van der Waals surface area contributed by atoms with Gasteiger partial charge < -0.3 is 10.2 Å². The fourth-order valence-electron chi connectivity index (χ4n) is 2.81. The van der Waals surface area contributed by atoms with Gasteiger partial charge in [0.05, 0.1) is 12.2 Å². The second-order valence-corrected chi connectivity index (χ2v) is 6.15. The zero-order valence-corrected chi connectivity index (χ0v) is 13.9. The molecule has 1 aliphatic rings. The molecule has 3 heterocycles. The Morgan fingerprint density at radius 3 is 2.62 bits per heavy atom. The van der Waals surface area contributed by atoms with Crippen molar-refractivity contribution in [2.24, 2.45) is 0 Å². The van der Waals surface area contributed by atoms with Gasteiger partial charge in [0.25, 0.3) is 0 Å². The molecule has 0 aliphatic carbocycles. The lowest BCUT2D eigenvalue weighted by Crippen LogP contribution is -2.57. The van der Waals surface area contributed by atoms with Gasteiger partial charge in [0.15, 0.2) is 0 Å². The third kappa shape index (κ3) is 3.53. The SMILES string of the molecule is O=C(Cn1cc(-c2ccc(F)cc2)cn1)N1CC(Nc2ncccn2)C1. The highest BCUT2D eigenvalue weighted by Gasteiger charge is 2.31. The van der Waals surface area contributed by atoms with E-state index < -0.39 is 0 Å². The number of carbonyl (C=O) groups is 1. The van der Waals surface area contributed by atoms with E-state index in [0.29, 0.717) is 19.0 Å². The summed E-state index contributed by atoms with van der Waals surface area (Å²) in [6, 6.07) is 8.11. The second-order valence-electron chi connectivity index (χ2n) is 6.15. The quantitative estimate of drug-likeness (QED) is 0.758. The Morgan fingerprint density at radius 2 is 1.88 bits per heavy atom. The molecule has 0 unspecified atom stereocenters. The van der Waals surface area contributed by atoms with Crippen LogP contribution in [-0.2, 0) is 11.3 Å². The number of hydrogen-bond acceptors (Lipinski definition) is 5. The molecule has 4 rings (SSSR count). The number of nitrogens with zero attached hydrogens (tertiary/aromatic N) is 5. The molecule has 1 saturated heterocycles. The maximum absolute atomic E-state index is 13.0. The number of nitrogens with one attached hydrogen (secondary N) is 1. The molecule has 0 spiro atoms. The standard InChI is InChI=1S/C18H17FN6O/c19-15-4-2-13(3-5-15)14-8-22-25(9-14)12-17(26)24-10-16(11-24)23-18-20-6-1-7-21-18/h1-9,16H,10-12H2,(H,20,21,23). The van der Waals surface area contributed by atoms with Gasteiger partial charge >= 0.3 is 0 Å². The van der Waals surface area contributed by atoms with E-state index in [9.17, 15) is 9.18 Å². The summed E-state index contributed by atoms with van der Waals surface area (Å²) in [5.41, 5.74) is 1.71. The fraction of sp³-hybridized carbons (Fsp3) is 0.222. The predicted octanol–water partition coefficient (Wildman–Crippen LogP) is 1.80. The molecule has 1 fully saturated rings. The topological polar surface area (TPSA) is 75.9 Å². The Hall–Kier alpha value is -3.29. The molecule has 1 aliphatic heterocycles. The first-order valence-electron chi connectivity index (χ1n) is 8.27. The molecule has 132 valence electrons. The van der Waals surface area contributed by atoms with Crippen LogP contribution in [0.5, 0.6) is 0 Å². The first-order valence-corrected chi connectivity index (χ1v) is 8.27. The van der Waals surface area contributed by atoms with E-state index in [1.165, 1.54) is 12.1 Å². The predicted molar refractivity (Wildman–Crippen MR) is 93.6 cm³/mol. The van der Waals surface area contributed by atoms with Gasteiger partial charge in [-0.3, -0.25) is 9.48 Å². The Morgan fingerprint density at radius 1 is 1.15 bits per heavy atom. The van der Waals surface area contributed by atoms with Crippen LogP contribution in [0, 0.1) is 5.82 Å². The molecule has 0 atom stereocenters. The number of amides is 1. The summed E-state index contributed by atoms with van der Waals surface area (Å²) in [4.78, 5) is 22.3. The minimum Gasteiger partial charge on any atom is -0.348 e. The van der Waals surface area contributed by atoms with E-state index in [4.69, 9.17) is 0 Å². The number of carbonyl (C=O) groups excluding carboxylic acids is 1. The van der Waals surface area contributed by atoms with Crippen LogP contribution in [0.4, 0.5) is 10.3 Å². The van der Waals surface area contributed by atoms with Gasteiger partial charge in [-0.1, -0.05) is 12.1 Å². The lowest BCUT2D eigenvalue weighted by Gasteiger charge is -2.39. The van der Waals surface area contributed by atoms with Gasteiger partial charge in [0, 0.05) is 37.2 Å². The molecule has 0 radical (unpaired) electrons. The second kappa shape index (κ2) is 6.91. The Labute approximate surface area is 149 Å². The summed E-state index contributed by atoms with van der Waals surface area (Å²) in [7, 11) is 0. The molecule has 0 saturated carbocycles. The Kier molecular flexibility index (Phi) is 4.30. The number of anilines is 1. The summed E-state index contributed by atoms with van der Waals surface area (Å²) in [6.45, 7) is 1.40. The number of benzene rings is 1. The van der Waals surface area contributed by atoms with Crippen LogP contribution in [0.2, 0.25) is 0 Å². The van der Waals surface area contributed by atoms with Crippen molar-refractivity contribution in [1.29, 1.82) is 0 Å². The van der Waals surface area contributed by atoms with Crippen LogP contribution in [-0.4, -0.2) is 49.7 Å². The minimum atomic E-state index is -0.279. The van der Waals surface area contributed by atoms with Crippen molar-refractivity contribution < 1.29 is 9.18 Å². The molecule has 1 N–H and O–H groups in total. The maximum atomic E-state index is 13.0. The summed E-state index contributed by atoms with van der Waals surface area (Å²) in [5.74, 6) is 0.296. The number of aromatic nitrogens is 4. The highest BCUT2D eigenvalue weighted by molar-refractivity contribution is 5.77. The molecular formula is C18H17FN6O. The van der Waals surface area contributed by atoms with Crippen molar-refractivity contribution >= 4 is 11.9 Å². The lowest BCUT2D eigenvalue weighted by atomic mass is 10.1. The van der Waals surface area contributed by atoms with E-state index in [1.54, 1.807) is 52.6 Å². The average molecular weight is 352 g/mol. The average Bonchev–Trinajstić information content (AvgIpc) is 3.07. The van der Waals surface area contributed by atoms with Crippen molar-refractivity contribution in [2.45, 2.75) is 12.6 Å². The van der Waals surface area contributed by atoms with Crippen LogP contribution < -0.4 is 5.32 Å². The van der Waals surface area contributed by atoms with Crippen molar-refractivity contribution in [3.63, 3.8) is 0 Å². The molecular weight excluding hydrogens is 335 g/mol. The normalized spacial score (nSPS) is 14.1. The number of halogens is 1. The monoisotopic (exact) mass is 352 g/mol. The molecule has 3 aromatic rings. The summed E-state index contributed by atoms with van der Waals surface area (Å²) in [6.07, 6.45) is 6.81. The fourth-order valence-corrected chi connectivity index (χ4v) is 2.81. The van der Waals surface area contributed by atoms with E-state index in [-0.39, 0.29) is 24.3 Å². The first kappa shape index (κ1) is 16.2. The molecule has 26 heavy (non-hydrogen) atoms. The highest BCUT2D eigenvalue weighted by atomic mass is 19.1. The van der Waals surface area contributed by atoms with Gasteiger partial charge in [-0.2, -0.15) is 5.10 Å². The summed E-state index contributed by atoms with van der Waals surface area (Å²) < 4.78 is 14.6. The lowest BCUT2D eigenvalue weighted by molar-refractivity contribution is -0.136. The Bertz CT molecular complexity index is 890. The summed E-state index contributed by atoms with van der Waals surface area (Å²) in [5, 5.41) is 7.41. The van der Waals surface area contributed by atoms with Gasteiger partial charge in [-0.05, 0) is 23.8 Å². The van der Waals surface area contributed by atoms with Crippen LogP contribution in [0.25, 0.3) is 11.1 Å². The largest absolute Gasteiger partial charge is 0.348 e. The van der Waals surface area contributed by atoms with Crippen molar-refractivity contribution in [3.8, 4) is 11.1 Å². The van der Waals surface area contributed by atoms with Crippen LogP contribution in [0.1, 0.15) is 0 Å². The Balaban J connectivity index is 1.30. The van der Waals surface area contributed by atoms with Gasteiger partial charge in [0.2, 0.25) is 11.9 Å². The molecule has 0 bridgehead atoms. The van der Waals surface area contributed by atoms with Crippen molar-refractivity contribution in [2.75, 3.05) is 18.4 Å². The van der Waals surface area contributed by atoms with E-state index in [2.05, 4.69) is 20.4 Å². The molecule has 8 heteroatoms. The number of likely N-dealkylation sites (tertiary alicyclic amines) is 1. The van der Waals surface area contributed by atoms with E-state index >= 15 is 0 Å². The van der Waals surface area contributed by atoms with Crippen LogP contribution in [0.15, 0.2) is 55.1 Å². The number of hydrogen-bond donors (Lipinski definition) is 1. The van der Waals surface area contributed by atoms with Crippen molar-refractivity contribution in [3.05, 3.63) is 60.9 Å². The van der Waals surface area contributed by atoms with Gasteiger partial charge in [-0.25, -0.2) is 14.4 Å². The van der Waals surface area contributed by atoms with Gasteiger partial charge in [-0.15, -0.1) is 0 Å². The minimum absolute atomic E-state index is 0.00536. The maximum Gasteiger partial charge on any atom is 0.244 e.